The van der Waals surface area contributed by atoms with Crippen molar-refractivity contribution in [1.82, 2.24) is 15.1 Å². The van der Waals surface area contributed by atoms with Crippen LogP contribution in [0.15, 0.2) is 17.5 Å². The number of piperidine rings is 1. The first-order valence-corrected chi connectivity index (χ1v) is 10.8. The molecule has 2 aliphatic heterocycles. The van der Waals surface area contributed by atoms with Crippen LogP contribution in [0.5, 0.6) is 0 Å². The summed E-state index contributed by atoms with van der Waals surface area (Å²) in [6, 6.07) is 4.53. The van der Waals surface area contributed by atoms with Crippen molar-refractivity contribution in [3.63, 3.8) is 0 Å². The Balaban J connectivity index is 1.57. The Morgan fingerprint density at radius 2 is 2.00 bits per heavy atom. The molecule has 3 heterocycles. The molecule has 0 aromatic carbocycles. The second-order valence-electron chi connectivity index (χ2n) is 7.80. The van der Waals surface area contributed by atoms with E-state index >= 15 is 0 Å². The molecule has 2 saturated heterocycles. The number of thiophene rings is 1. The molecule has 3 rings (SSSR count). The van der Waals surface area contributed by atoms with E-state index in [-0.39, 0.29) is 29.7 Å². The highest BCUT2D eigenvalue weighted by molar-refractivity contribution is 7.10. The monoisotopic (exact) mass is 377 g/mol. The number of nitrogens with zero attached hydrogens (tertiary/aromatic N) is 2. The third-order valence-corrected chi connectivity index (χ3v) is 6.49. The summed E-state index contributed by atoms with van der Waals surface area (Å²) >= 11 is 1.77. The molecule has 6 heteroatoms. The third kappa shape index (κ3) is 4.65. The van der Waals surface area contributed by atoms with Gasteiger partial charge in [-0.2, -0.15) is 0 Å². The minimum absolute atomic E-state index is 0.00446. The Bertz CT molecular complexity index is 596. The number of nitrogens with one attached hydrogen (secondary N) is 1. The van der Waals surface area contributed by atoms with Gasteiger partial charge in [0.25, 0.3) is 0 Å². The molecule has 0 aliphatic carbocycles. The van der Waals surface area contributed by atoms with Crippen LogP contribution in [0.1, 0.15) is 50.4 Å². The smallest absolute Gasteiger partial charge is 0.225 e. The van der Waals surface area contributed by atoms with Crippen LogP contribution < -0.4 is 5.32 Å². The second kappa shape index (κ2) is 9.00. The van der Waals surface area contributed by atoms with E-state index in [1.807, 2.05) is 18.7 Å². The number of amides is 2. The van der Waals surface area contributed by atoms with Gasteiger partial charge in [-0.15, -0.1) is 11.3 Å². The fraction of sp³-hybridized carbons (Fsp3) is 0.700. The van der Waals surface area contributed by atoms with Crippen molar-refractivity contribution in [1.29, 1.82) is 0 Å². The first-order valence-electron chi connectivity index (χ1n) is 9.90. The van der Waals surface area contributed by atoms with Crippen molar-refractivity contribution >= 4 is 23.2 Å². The third-order valence-electron chi connectivity index (χ3n) is 5.52. The molecule has 2 atom stereocenters. The molecular weight excluding hydrogens is 346 g/mol. The van der Waals surface area contributed by atoms with E-state index < -0.39 is 0 Å². The minimum atomic E-state index is -0.0750. The van der Waals surface area contributed by atoms with E-state index in [9.17, 15) is 9.59 Å². The van der Waals surface area contributed by atoms with Gasteiger partial charge < -0.3 is 10.2 Å². The number of likely N-dealkylation sites (tertiary alicyclic amines) is 2. The standard InChI is InChI=1S/C20H31N3O2S/c1-15(2)20(25)23-11-5-7-16(14-23)19(24)21-13-17(18-8-6-12-26-18)22-9-3-4-10-22/h6,8,12,15-17H,3-5,7,9-11,13-14H2,1-2H3,(H,21,24)/t16-,17+/m1/s1. The summed E-state index contributed by atoms with van der Waals surface area (Å²) in [7, 11) is 0. The van der Waals surface area contributed by atoms with Gasteiger partial charge in [0, 0.05) is 30.4 Å². The summed E-state index contributed by atoms with van der Waals surface area (Å²) in [5.74, 6) is 0.187. The summed E-state index contributed by atoms with van der Waals surface area (Å²) in [6.07, 6.45) is 4.27. The molecule has 2 aliphatic rings. The van der Waals surface area contributed by atoms with Crippen LogP contribution in [0.25, 0.3) is 0 Å². The maximum Gasteiger partial charge on any atom is 0.225 e. The van der Waals surface area contributed by atoms with Gasteiger partial charge in [-0.25, -0.2) is 0 Å². The van der Waals surface area contributed by atoms with E-state index in [1.165, 1.54) is 17.7 Å². The quantitative estimate of drug-likeness (QED) is 0.829. The Kier molecular flexibility index (Phi) is 6.70. The lowest BCUT2D eigenvalue weighted by atomic mass is 9.96. The topological polar surface area (TPSA) is 52.7 Å². The summed E-state index contributed by atoms with van der Waals surface area (Å²) in [5, 5.41) is 5.30. The average molecular weight is 378 g/mol. The SMILES string of the molecule is CC(C)C(=O)N1CCC[C@@H](C(=O)NC[C@@H](c2cccs2)N2CCCC2)C1. The van der Waals surface area contributed by atoms with Gasteiger partial charge in [0.15, 0.2) is 0 Å². The predicted molar refractivity (Wildman–Crippen MR) is 105 cm³/mol. The van der Waals surface area contributed by atoms with Crippen LogP contribution >= 0.6 is 11.3 Å². The fourth-order valence-corrected chi connectivity index (χ4v) is 4.90. The van der Waals surface area contributed by atoms with Crippen molar-refractivity contribution in [3.05, 3.63) is 22.4 Å². The van der Waals surface area contributed by atoms with E-state index in [4.69, 9.17) is 0 Å². The van der Waals surface area contributed by atoms with Crippen molar-refractivity contribution < 1.29 is 9.59 Å². The van der Waals surface area contributed by atoms with Gasteiger partial charge in [-0.3, -0.25) is 14.5 Å². The van der Waals surface area contributed by atoms with Crippen LogP contribution in [0.3, 0.4) is 0 Å². The molecule has 0 radical (unpaired) electrons. The van der Waals surface area contributed by atoms with Gasteiger partial charge in [0.1, 0.15) is 0 Å². The lowest BCUT2D eigenvalue weighted by molar-refractivity contribution is -0.138. The van der Waals surface area contributed by atoms with Gasteiger partial charge in [-0.1, -0.05) is 19.9 Å². The van der Waals surface area contributed by atoms with Crippen LogP contribution in [-0.4, -0.2) is 54.3 Å². The molecule has 0 spiro atoms. The van der Waals surface area contributed by atoms with Crippen LogP contribution in [0, 0.1) is 11.8 Å². The summed E-state index contributed by atoms with van der Waals surface area (Å²) < 4.78 is 0. The number of hydrogen-bond acceptors (Lipinski definition) is 4. The van der Waals surface area contributed by atoms with Gasteiger partial charge in [0.05, 0.1) is 12.0 Å². The Morgan fingerprint density at radius 3 is 2.65 bits per heavy atom. The maximum absolute atomic E-state index is 12.8. The summed E-state index contributed by atoms with van der Waals surface area (Å²) in [6.45, 7) is 8.08. The average Bonchev–Trinajstić information content (AvgIpc) is 3.35. The highest BCUT2D eigenvalue weighted by Gasteiger charge is 2.30. The molecular formula is C20H31N3O2S. The molecule has 1 aromatic rings. The lowest BCUT2D eigenvalue weighted by Crippen LogP contribution is -2.47. The van der Waals surface area contributed by atoms with Crippen molar-refractivity contribution in [2.45, 2.75) is 45.6 Å². The van der Waals surface area contributed by atoms with Crippen molar-refractivity contribution in [3.8, 4) is 0 Å². The number of rotatable bonds is 6. The zero-order valence-corrected chi connectivity index (χ0v) is 16.8. The zero-order valence-electron chi connectivity index (χ0n) is 15.9. The van der Waals surface area contributed by atoms with Gasteiger partial charge in [-0.05, 0) is 50.2 Å². The second-order valence-corrected chi connectivity index (χ2v) is 8.78. The molecule has 144 valence electrons. The largest absolute Gasteiger partial charge is 0.354 e. The Labute approximate surface area is 160 Å². The number of carbonyl (C=O) groups excluding carboxylic acids is 2. The normalized spacial score (nSPS) is 22.6. The molecule has 2 amide bonds. The maximum atomic E-state index is 12.8. The highest BCUT2D eigenvalue weighted by atomic mass is 32.1. The molecule has 5 nitrogen and oxygen atoms in total. The van der Waals surface area contributed by atoms with Crippen LogP contribution in [0.4, 0.5) is 0 Å². The number of hydrogen-bond donors (Lipinski definition) is 1. The van der Waals surface area contributed by atoms with E-state index in [0.29, 0.717) is 13.1 Å². The molecule has 1 N–H and O–H groups in total. The molecule has 0 saturated carbocycles. The van der Waals surface area contributed by atoms with Crippen molar-refractivity contribution in [2.24, 2.45) is 11.8 Å². The van der Waals surface area contributed by atoms with E-state index in [0.717, 1.165) is 32.5 Å². The predicted octanol–water partition coefficient (Wildman–Crippen LogP) is 2.90. The van der Waals surface area contributed by atoms with E-state index in [2.05, 4.69) is 27.7 Å². The van der Waals surface area contributed by atoms with Crippen LogP contribution in [0.2, 0.25) is 0 Å². The fourth-order valence-electron chi connectivity index (χ4n) is 4.04. The van der Waals surface area contributed by atoms with Gasteiger partial charge in [0.2, 0.25) is 11.8 Å². The highest BCUT2D eigenvalue weighted by Crippen LogP contribution is 2.28. The Hall–Kier alpha value is -1.40. The minimum Gasteiger partial charge on any atom is -0.354 e. The summed E-state index contributed by atoms with van der Waals surface area (Å²) in [4.78, 5) is 30.7. The molecule has 1 aromatic heterocycles. The van der Waals surface area contributed by atoms with Crippen molar-refractivity contribution in [2.75, 3.05) is 32.7 Å². The zero-order chi connectivity index (χ0) is 18.5. The van der Waals surface area contributed by atoms with Crippen LogP contribution in [-0.2, 0) is 9.59 Å². The van der Waals surface area contributed by atoms with E-state index in [1.54, 1.807) is 11.3 Å². The molecule has 2 fully saturated rings. The first-order chi connectivity index (χ1) is 12.6. The molecule has 0 unspecified atom stereocenters. The Morgan fingerprint density at radius 1 is 1.23 bits per heavy atom. The molecule has 26 heavy (non-hydrogen) atoms. The molecule has 0 bridgehead atoms. The summed E-state index contributed by atoms with van der Waals surface area (Å²) in [5.41, 5.74) is 0. The lowest BCUT2D eigenvalue weighted by Gasteiger charge is -2.34. The first kappa shape index (κ1) is 19.4. The van der Waals surface area contributed by atoms with Gasteiger partial charge >= 0.3 is 0 Å². The number of carbonyl (C=O) groups is 2.